The van der Waals surface area contributed by atoms with Crippen molar-refractivity contribution in [2.24, 2.45) is 5.92 Å². The summed E-state index contributed by atoms with van der Waals surface area (Å²) >= 11 is 1.10. The lowest BCUT2D eigenvalue weighted by Gasteiger charge is -2.40. The van der Waals surface area contributed by atoms with Crippen molar-refractivity contribution >= 4 is 32.4 Å². The predicted molar refractivity (Wildman–Crippen MR) is 106 cm³/mol. The first-order chi connectivity index (χ1) is 13.3. The number of sulfone groups is 1. The van der Waals surface area contributed by atoms with Gasteiger partial charge in [-0.2, -0.15) is 5.26 Å². The van der Waals surface area contributed by atoms with Crippen LogP contribution in [0.15, 0.2) is 35.4 Å². The molecule has 0 aliphatic carbocycles. The van der Waals surface area contributed by atoms with Crippen LogP contribution in [-0.4, -0.2) is 46.8 Å². The molecule has 1 aromatic heterocycles. The van der Waals surface area contributed by atoms with Crippen molar-refractivity contribution in [1.29, 1.82) is 5.26 Å². The quantitative estimate of drug-likeness (QED) is 0.814. The van der Waals surface area contributed by atoms with Crippen molar-refractivity contribution in [2.45, 2.75) is 36.3 Å². The van der Waals surface area contributed by atoms with E-state index in [1.807, 2.05) is 6.07 Å². The molecule has 1 fully saturated rings. The molecule has 2 heterocycles. The third-order valence-corrected chi connectivity index (χ3v) is 8.53. The Kier molecular flexibility index (Phi) is 5.67. The number of carbonyl (C=O) groups excluding carboxylic acids is 1. The summed E-state index contributed by atoms with van der Waals surface area (Å²) in [6, 6.07) is 7.78. The maximum atomic E-state index is 13.2. The minimum absolute atomic E-state index is 0.0812. The van der Waals surface area contributed by atoms with Crippen LogP contribution in [-0.2, 0) is 9.84 Å². The van der Waals surface area contributed by atoms with Gasteiger partial charge in [-0.05, 0) is 56.9 Å². The molecule has 2 amide bonds. The highest BCUT2D eigenvalue weighted by Gasteiger charge is 2.44. The van der Waals surface area contributed by atoms with Crippen molar-refractivity contribution in [3.63, 3.8) is 0 Å². The Bertz CT molecular complexity index is 971. The highest BCUT2D eigenvalue weighted by molar-refractivity contribution is 7.92. The maximum Gasteiger partial charge on any atom is 0.322 e. The number of hydrogen-bond donors (Lipinski definition) is 1. The second-order valence-corrected chi connectivity index (χ2v) is 10.5. The van der Waals surface area contributed by atoms with Crippen molar-refractivity contribution < 1.29 is 13.2 Å². The maximum absolute atomic E-state index is 13.2. The van der Waals surface area contributed by atoms with Gasteiger partial charge in [-0.25, -0.2) is 13.2 Å². The number of urea groups is 1. The zero-order valence-electron chi connectivity index (χ0n) is 15.6. The van der Waals surface area contributed by atoms with E-state index in [1.54, 1.807) is 18.7 Å². The molecule has 148 valence electrons. The third-order valence-electron chi connectivity index (χ3n) is 5.34. The van der Waals surface area contributed by atoms with Crippen LogP contribution in [0.4, 0.5) is 9.80 Å². The van der Waals surface area contributed by atoms with Crippen LogP contribution in [0.1, 0.15) is 32.3 Å². The minimum atomic E-state index is -3.59. The topological polar surface area (TPSA) is 116 Å². The molecule has 10 heteroatoms. The standard InChI is InChI=1S/C18H21N5O3S2/c1-18(2,28(25,26)15-5-3-13(11-19)4-6-15)14-7-9-23(10-8-14)17(24)21-16-12-20-22-27-16/h3-6,12,14H,7-10H2,1-2H3,(H,21,24). The lowest BCUT2D eigenvalue weighted by atomic mass is 9.86. The van der Waals surface area contributed by atoms with Crippen LogP contribution in [0.2, 0.25) is 0 Å². The Morgan fingerprint density at radius 3 is 2.46 bits per heavy atom. The number of carbonyl (C=O) groups is 1. The van der Waals surface area contributed by atoms with E-state index in [2.05, 4.69) is 14.9 Å². The van der Waals surface area contributed by atoms with Gasteiger partial charge in [-0.15, -0.1) is 5.10 Å². The second-order valence-electron chi connectivity index (χ2n) is 7.22. The van der Waals surface area contributed by atoms with Crippen LogP contribution in [0.3, 0.4) is 0 Å². The van der Waals surface area contributed by atoms with E-state index in [9.17, 15) is 13.2 Å². The zero-order valence-corrected chi connectivity index (χ0v) is 17.3. The summed E-state index contributed by atoms with van der Waals surface area (Å²) in [7, 11) is -3.59. The highest BCUT2D eigenvalue weighted by Crippen LogP contribution is 2.38. The first-order valence-corrected chi connectivity index (χ1v) is 11.1. The molecule has 0 unspecified atom stereocenters. The van der Waals surface area contributed by atoms with E-state index in [-0.39, 0.29) is 16.8 Å². The molecule has 1 aliphatic heterocycles. The summed E-state index contributed by atoms with van der Waals surface area (Å²) < 4.78 is 29.1. The molecule has 1 saturated heterocycles. The molecule has 0 saturated carbocycles. The fourth-order valence-corrected chi connectivity index (χ4v) is 5.60. The Morgan fingerprint density at radius 1 is 1.29 bits per heavy atom. The summed E-state index contributed by atoms with van der Waals surface area (Å²) in [6.07, 6.45) is 2.68. The number of nitrogens with one attached hydrogen (secondary N) is 1. The van der Waals surface area contributed by atoms with Gasteiger partial charge in [0.25, 0.3) is 0 Å². The molecule has 0 bridgehead atoms. The number of nitrogens with zero attached hydrogens (tertiary/aromatic N) is 4. The number of likely N-dealkylation sites (tertiary alicyclic amines) is 1. The van der Waals surface area contributed by atoms with Gasteiger partial charge in [0, 0.05) is 24.6 Å². The van der Waals surface area contributed by atoms with Crippen molar-refractivity contribution in [3.05, 3.63) is 36.0 Å². The van der Waals surface area contributed by atoms with Gasteiger partial charge in [-0.1, -0.05) is 4.49 Å². The van der Waals surface area contributed by atoms with Crippen molar-refractivity contribution in [1.82, 2.24) is 14.5 Å². The summed E-state index contributed by atoms with van der Waals surface area (Å²) in [5, 5.41) is 15.9. The number of piperidine rings is 1. The minimum Gasteiger partial charge on any atom is -0.324 e. The van der Waals surface area contributed by atoms with Crippen LogP contribution in [0, 0.1) is 17.2 Å². The van der Waals surface area contributed by atoms with Gasteiger partial charge in [0.2, 0.25) is 0 Å². The molecule has 3 rings (SSSR count). The number of amides is 2. The summed E-state index contributed by atoms with van der Waals surface area (Å²) in [6.45, 7) is 4.44. The molecule has 1 N–H and O–H groups in total. The predicted octanol–water partition coefficient (Wildman–Crippen LogP) is 2.91. The summed E-state index contributed by atoms with van der Waals surface area (Å²) in [5.41, 5.74) is 0.423. The Morgan fingerprint density at radius 2 is 1.93 bits per heavy atom. The van der Waals surface area contributed by atoms with E-state index < -0.39 is 14.6 Å². The Hall–Kier alpha value is -2.51. The van der Waals surface area contributed by atoms with Gasteiger partial charge in [0.05, 0.1) is 27.5 Å². The first kappa shape index (κ1) is 20.2. The molecule has 0 spiro atoms. The van der Waals surface area contributed by atoms with E-state index in [4.69, 9.17) is 5.26 Å². The van der Waals surface area contributed by atoms with Gasteiger partial charge in [0.1, 0.15) is 5.00 Å². The Labute approximate surface area is 168 Å². The molecule has 0 atom stereocenters. The van der Waals surface area contributed by atoms with Crippen molar-refractivity contribution in [3.8, 4) is 6.07 Å². The van der Waals surface area contributed by atoms with Crippen LogP contribution >= 0.6 is 11.5 Å². The molecule has 2 aromatic rings. The van der Waals surface area contributed by atoms with Gasteiger partial charge in [0.15, 0.2) is 9.84 Å². The average molecular weight is 420 g/mol. The average Bonchev–Trinajstić information content (AvgIpc) is 3.21. The van der Waals surface area contributed by atoms with Gasteiger partial charge >= 0.3 is 6.03 Å². The molecule has 1 aromatic carbocycles. The SMILES string of the molecule is CC(C)(C1CCN(C(=O)Nc2cnns2)CC1)S(=O)(=O)c1ccc(C#N)cc1. The van der Waals surface area contributed by atoms with Crippen molar-refractivity contribution in [2.75, 3.05) is 18.4 Å². The fourth-order valence-electron chi connectivity index (χ4n) is 3.42. The van der Waals surface area contributed by atoms with Crippen LogP contribution < -0.4 is 5.32 Å². The summed E-state index contributed by atoms with van der Waals surface area (Å²) in [5.74, 6) is -0.0812. The number of benzene rings is 1. The number of nitriles is 1. The molecule has 28 heavy (non-hydrogen) atoms. The lowest BCUT2D eigenvalue weighted by molar-refractivity contribution is 0.171. The highest BCUT2D eigenvalue weighted by atomic mass is 32.2. The molecular formula is C18H21N5O3S2. The van der Waals surface area contributed by atoms with Gasteiger partial charge < -0.3 is 4.90 Å². The van der Waals surface area contributed by atoms with E-state index in [1.165, 1.54) is 30.5 Å². The van der Waals surface area contributed by atoms with Crippen LogP contribution in [0.25, 0.3) is 0 Å². The lowest BCUT2D eigenvalue weighted by Crippen LogP contribution is -2.48. The fraction of sp³-hybridized carbons (Fsp3) is 0.444. The number of aromatic nitrogens is 2. The molecule has 1 aliphatic rings. The Balaban J connectivity index is 1.68. The molecule has 0 radical (unpaired) electrons. The second kappa shape index (κ2) is 7.85. The summed E-state index contributed by atoms with van der Waals surface area (Å²) in [4.78, 5) is 14.2. The van der Waals surface area contributed by atoms with E-state index >= 15 is 0 Å². The number of rotatable bonds is 4. The monoisotopic (exact) mass is 419 g/mol. The largest absolute Gasteiger partial charge is 0.324 e. The molecular weight excluding hydrogens is 398 g/mol. The number of anilines is 1. The smallest absolute Gasteiger partial charge is 0.322 e. The van der Waals surface area contributed by atoms with E-state index in [0.717, 1.165) is 11.5 Å². The van der Waals surface area contributed by atoms with Gasteiger partial charge in [-0.3, -0.25) is 5.32 Å². The zero-order chi connectivity index (χ0) is 20.4. The third kappa shape index (κ3) is 3.86. The van der Waals surface area contributed by atoms with E-state index in [0.29, 0.717) is 36.5 Å². The normalized spacial score (nSPS) is 15.8. The van der Waals surface area contributed by atoms with Crippen LogP contribution in [0.5, 0.6) is 0 Å². The molecule has 8 nitrogen and oxygen atoms in total. The number of hydrogen-bond acceptors (Lipinski definition) is 7. The first-order valence-electron chi connectivity index (χ1n) is 8.84.